The lowest BCUT2D eigenvalue weighted by atomic mass is 9.64. The monoisotopic (exact) mass is 314 g/mol. The molecule has 2 rings (SSSR count). The van der Waals surface area contributed by atoms with E-state index in [0.717, 1.165) is 29.4 Å². The summed E-state index contributed by atoms with van der Waals surface area (Å²) in [5, 5.41) is 15.7. The largest absolute Gasteiger partial charge is 0.383 e. The number of rotatable bonds is 2. The summed E-state index contributed by atoms with van der Waals surface area (Å²) in [6.07, 6.45) is 5.95. The van der Waals surface area contributed by atoms with Crippen molar-refractivity contribution < 1.29 is 5.11 Å². The Balaban J connectivity index is 2.55. The molecule has 1 atom stereocenters. The highest BCUT2D eigenvalue weighted by atomic mass is 79.9. The zero-order valence-corrected chi connectivity index (χ0v) is 13.3. The van der Waals surface area contributed by atoms with Gasteiger partial charge in [-0.3, -0.25) is 4.68 Å². The highest BCUT2D eigenvalue weighted by Gasteiger charge is 2.49. The van der Waals surface area contributed by atoms with E-state index in [1.807, 2.05) is 4.68 Å². The van der Waals surface area contributed by atoms with Gasteiger partial charge in [-0.1, -0.05) is 26.7 Å². The second-order valence-electron chi connectivity index (χ2n) is 6.33. The molecule has 1 aliphatic carbocycles. The predicted octanol–water partition coefficient (Wildman–Crippen LogP) is 4.01. The molecule has 0 saturated heterocycles. The molecule has 1 N–H and O–H groups in total. The first-order chi connectivity index (χ1) is 8.29. The molecule has 0 aromatic carbocycles. The third-order valence-corrected chi connectivity index (χ3v) is 4.92. The molecule has 1 aromatic rings. The van der Waals surface area contributed by atoms with Crippen molar-refractivity contribution in [2.24, 2.45) is 5.41 Å². The van der Waals surface area contributed by atoms with Crippen molar-refractivity contribution in [3.63, 3.8) is 0 Å². The molecule has 18 heavy (non-hydrogen) atoms. The van der Waals surface area contributed by atoms with Crippen LogP contribution in [0.2, 0.25) is 0 Å². The number of hydrogen-bond donors (Lipinski definition) is 1. The summed E-state index contributed by atoms with van der Waals surface area (Å²) in [6, 6.07) is 0.257. The summed E-state index contributed by atoms with van der Waals surface area (Å²) in [6.45, 7) is 8.52. The Bertz CT molecular complexity index is 439. The van der Waals surface area contributed by atoms with Gasteiger partial charge >= 0.3 is 0 Å². The molecule has 3 nitrogen and oxygen atoms in total. The van der Waals surface area contributed by atoms with Gasteiger partial charge in [-0.15, -0.1) is 0 Å². The van der Waals surface area contributed by atoms with Gasteiger partial charge in [0.05, 0.1) is 16.4 Å². The van der Waals surface area contributed by atoms with Gasteiger partial charge in [-0.2, -0.15) is 5.10 Å². The van der Waals surface area contributed by atoms with Crippen LogP contribution in [-0.4, -0.2) is 14.9 Å². The van der Waals surface area contributed by atoms with Gasteiger partial charge < -0.3 is 5.11 Å². The van der Waals surface area contributed by atoms with Crippen molar-refractivity contribution in [3.05, 3.63) is 16.4 Å². The maximum Gasteiger partial charge on any atom is 0.112 e. The second kappa shape index (κ2) is 4.64. The molecule has 0 radical (unpaired) electrons. The number of aromatic nitrogens is 2. The molecule has 0 amide bonds. The molecule has 1 unspecified atom stereocenters. The van der Waals surface area contributed by atoms with Crippen LogP contribution >= 0.6 is 15.9 Å². The van der Waals surface area contributed by atoms with Gasteiger partial charge in [0.25, 0.3) is 0 Å². The van der Waals surface area contributed by atoms with E-state index in [0.29, 0.717) is 0 Å². The molecule has 0 aliphatic heterocycles. The SMILES string of the molecule is CC(C)n1ncc(Br)c1C1(O)CCCCC1(C)C. The first-order valence-electron chi connectivity index (χ1n) is 6.75. The molecule has 1 saturated carbocycles. The molecule has 1 fully saturated rings. The van der Waals surface area contributed by atoms with E-state index in [1.54, 1.807) is 6.20 Å². The molecular weight excluding hydrogens is 292 g/mol. The van der Waals surface area contributed by atoms with Crippen LogP contribution in [0, 0.1) is 5.41 Å². The highest BCUT2D eigenvalue weighted by molar-refractivity contribution is 9.10. The van der Waals surface area contributed by atoms with Crippen molar-refractivity contribution in [2.45, 2.75) is 65.0 Å². The lowest BCUT2D eigenvalue weighted by Crippen LogP contribution is -2.46. The van der Waals surface area contributed by atoms with Crippen molar-refractivity contribution in [3.8, 4) is 0 Å². The van der Waals surface area contributed by atoms with Crippen LogP contribution in [0.25, 0.3) is 0 Å². The van der Waals surface area contributed by atoms with E-state index in [1.165, 1.54) is 6.42 Å². The van der Waals surface area contributed by atoms with Gasteiger partial charge in [0.2, 0.25) is 0 Å². The molecular formula is C14H23BrN2O. The maximum absolute atomic E-state index is 11.3. The van der Waals surface area contributed by atoms with Crippen molar-refractivity contribution in [2.75, 3.05) is 0 Å². The van der Waals surface area contributed by atoms with Gasteiger partial charge in [-0.05, 0) is 48.0 Å². The number of halogens is 1. The van der Waals surface area contributed by atoms with Crippen LogP contribution in [0.3, 0.4) is 0 Å². The van der Waals surface area contributed by atoms with Crippen molar-refractivity contribution >= 4 is 15.9 Å². The topological polar surface area (TPSA) is 38.0 Å². The van der Waals surface area contributed by atoms with Gasteiger partial charge in [0, 0.05) is 6.04 Å². The molecule has 1 aromatic heterocycles. The van der Waals surface area contributed by atoms with E-state index in [4.69, 9.17) is 0 Å². The van der Waals surface area contributed by atoms with Crippen LogP contribution in [0.4, 0.5) is 0 Å². The number of nitrogens with zero attached hydrogens (tertiary/aromatic N) is 2. The Hall–Kier alpha value is -0.350. The summed E-state index contributed by atoms with van der Waals surface area (Å²) in [7, 11) is 0. The average molecular weight is 315 g/mol. The van der Waals surface area contributed by atoms with E-state index in [-0.39, 0.29) is 11.5 Å². The van der Waals surface area contributed by atoms with E-state index < -0.39 is 5.60 Å². The fourth-order valence-corrected chi connectivity index (χ4v) is 3.65. The lowest BCUT2D eigenvalue weighted by Gasteiger charge is -2.47. The quantitative estimate of drug-likeness (QED) is 0.895. The van der Waals surface area contributed by atoms with Gasteiger partial charge in [-0.25, -0.2) is 0 Å². The van der Waals surface area contributed by atoms with Crippen LogP contribution in [0.15, 0.2) is 10.7 Å². The van der Waals surface area contributed by atoms with Gasteiger partial charge in [0.15, 0.2) is 0 Å². The smallest absolute Gasteiger partial charge is 0.112 e. The summed E-state index contributed by atoms with van der Waals surface area (Å²) in [4.78, 5) is 0. The van der Waals surface area contributed by atoms with Crippen LogP contribution in [0.5, 0.6) is 0 Å². The van der Waals surface area contributed by atoms with E-state index in [2.05, 4.69) is 48.7 Å². The van der Waals surface area contributed by atoms with Gasteiger partial charge in [0.1, 0.15) is 5.60 Å². The summed E-state index contributed by atoms with van der Waals surface area (Å²) < 4.78 is 2.88. The standard InChI is InChI=1S/C14H23BrN2O/c1-10(2)17-12(11(15)9-16-17)14(18)8-6-5-7-13(14,3)4/h9-10,18H,5-8H2,1-4H3. The Morgan fingerprint density at radius 3 is 2.50 bits per heavy atom. The third kappa shape index (κ3) is 2.03. The molecule has 0 bridgehead atoms. The zero-order chi connectivity index (χ0) is 13.6. The van der Waals surface area contributed by atoms with Crippen LogP contribution < -0.4 is 0 Å². The fourth-order valence-electron chi connectivity index (χ4n) is 3.05. The Morgan fingerprint density at radius 1 is 1.33 bits per heavy atom. The molecule has 102 valence electrons. The van der Waals surface area contributed by atoms with Crippen LogP contribution in [0.1, 0.15) is 65.1 Å². The second-order valence-corrected chi connectivity index (χ2v) is 7.19. The minimum Gasteiger partial charge on any atom is -0.383 e. The lowest BCUT2D eigenvalue weighted by molar-refractivity contribution is -0.110. The minimum absolute atomic E-state index is 0.111. The molecule has 1 heterocycles. The summed E-state index contributed by atoms with van der Waals surface area (Å²) >= 11 is 3.56. The molecule has 0 spiro atoms. The Labute approximate surface area is 118 Å². The number of hydrogen-bond acceptors (Lipinski definition) is 2. The fraction of sp³-hybridized carbons (Fsp3) is 0.786. The zero-order valence-electron chi connectivity index (χ0n) is 11.7. The Morgan fingerprint density at radius 2 is 1.94 bits per heavy atom. The summed E-state index contributed by atoms with van der Waals surface area (Å²) in [5.74, 6) is 0. The molecule has 4 heteroatoms. The summed E-state index contributed by atoms with van der Waals surface area (Å²) in [5.41, 5.74) is 0.0490. The van der Waals surface area contributed by atoms with Crippen molar-refractivity contribution in [1.82, 2.24) is 9.78 Å². The average Bonchev–Trinajstić information content (AvgIpc) is 2.65. The Kier molecular flexibility index (Phi) is 3.63. The van der Waals surface area contributed by atoms with Crippen molar-refractivity contribution in [1.29, 1.82) is 0 Å². The van der Waals surface area contributed by atoms with E-state index >= 15 is 0 Å². The normalized spacial score (nSPS) is 27.7. The minimum atomic E-state index is -0.787. The van der Waals surface area contributed by atoms with E-state index in [9.17, 15) is 5.11 Å². The maximum atomic E-state index is 11.3. The number of aliphatic hydroxyl groups is 1. The van der Waals surface area contributed by atoms with Crippen LogP contribution in [-0.2, 0) is 5.60 Å². The predicted molar refractivity (Wildman–Crippen MR) is 76.5 cm³/mol. The first kappa shape index (κ1) is 14.1. The highest BCUT2D eigenvalue weighted by Crippen LogP contribution is 2.51. The molecule has 1 aliphatic rings. The first-order valence-corrected chi connectivity index (χ1v) is 7.55. The third-order valence-electron chi connectivity index (χ3n) is 4.34.